The smallest absolute Gasteiger partial charge is 0.435 e. The molecule has 1 heterocycles. The Labute approximate surface area is 200 Å². The largest absolute Gasteiger partial charge is 0.497 e. The Kier molecular flexibility index (Phi) is 7.87. The van der Waals surface area contributed by atoms with E-state index in [1.54, 1.807) is 31.2 Å². The van der Waals surface area contributed by atoms with Crippen LogP contribution in [0.25, 0.3) is 5.69 Å². The molecule has 0 N–H and O–H groups in total. The molecule has 0 aliphatic carbocycles. The molecule has 0 bridgehead atoms. The Balaban J connectivity index is 2.00. The lowest BCUT2D eigenvalue weighted by Crippen LogP contribution is -2.15. The van der Waals surface area contributed by atoms with Crippen LogP contribution in [-0.2, 0) is 31.8 Å². The molecule has 7 nitrogen and oxygen atoms in total. The number of halogens is 4. The van der Waals surface area contributed by atoms with Gasteiger partial charge in [0, 0.05) is 5.56 Å². The van der Waals surface area contributed by atoms with Crippen molar-refractivity contribution in [2.24, 2.45) is 0 Å². The van der Waals surface area contributed by atoms with Crippen molar-refractivity contribution in [3.05, 3.63) is 76.9 Å². The first-order valence-electron chi connectivity index (χ1n) is 10.4. The summed E-state index contributed by atoms with van der Waals surface area (Å²) in [4.78, 5) is 0. The van der Waals surface area contributed by atoms with Gasteiger partial charge in [-0.15, -0.1) is 0 Å². The standard InChI is InChI=1S/C23H24F4N2O5S/c1-14(33-13-16-5-8-18(32-3)9-6-16)19-11-17(24)7-10-20(19)29-21(15(2)34-35(4,30)31)12-22(28-29)23(25,26)27/h5-12,14-15H,13H2,1-4H3/t14-,15?/m1/s1. The van der Waals surface area contributed by atoms with E-state index in [1.165, 1.54) is 20.1 Å². The Morgan fingerprint density at radius 3 is 2.26 bits per heavy atom. The predicted molar refractivity (Wildman–Crippen MR) is 119 cm³/mol. The van der Waals surface area contributed by atoms with Crippen LogP contribution in [0.1, 0.15) is 48.6 Å². The van der Waals surface area contributed by atoms with Gasteiger partial charge in [0.2, 0.25) is 0 Å². The maximum atomic E-state index is 14.2. The average molecular weight is 517 g/mol. The molecule has 2 atom stereocenters. The monoisotopic (exact) mass is 516 g/mol. The Morgan fingerprint density at radius 1 is 1.03 bits per heavy atom. The second-order valence-corrected chi connectivity index (χ2v) is 9.41. The summed E-state index contributed by atoms with van der Waals surface area (Å²) >= 11 is 0. The third-order valence-corrected chi connectivity index (χ3v) is 5.72. The van der Waals surface area contributed by atoms with Crippen molar-refractivity contribution >= 4 is 10.1 Å². The minimum Gasteiger partial charge on any atom is -0.497 e. The zero-order chi connectivity index (χ0) is 26.0. The number of hydrogen-bond donors (Lipinski definition) is 0. The summed E-state index contributed by atoms with van der Waals surface area (Å²) < 4.78 is 94.5. The summed E-state index contributed by atoms with van der Waals surface area (Å²) in [6, 6.07) is 11.2. The fourth-order valence-corrected chi connectivity index (χ4v) is 4.03. The highest BCUT2D eigenvalue weighted by molar-refractivity contribution is 7.86. The number of ether oxygens (including phenoxy) is 2. The van der Waals surface area contributed by atoms with Crippen LogP contribution in [0.3, 0.4) is 0 Å². The van der Waals surface area contributed by atoms with E-state index in [4.69, 9.17) is 13.7 Å². The Morgan fingerprint density at radius 2 is 1.69 bits per heavy atom. The zero-order valence-corrected chi connectivity index (χ0v) is 20.2. The normalized spacial score (nSPS) is 14.1. The van der Waals surface area contributed by atoms with Crippen LogP contribution in [0.4, 0.5) is 17.6 Å². The molecular formula is C23H24F4N2O5S. The molecule has 2 aromatic carbocycles. The molecule has 1 unspecified atom stereocenters. The second kappa shape index (κ2) is 10.3. The highest BCUT2D eigenvalue weighted by atomic mass is 32.2. The number of rotatable bonds is 9. The van der Waals surface area contributed by atoms with E-state index < -0.39 is 40.0 Å². The number of nitrogens with zero attached hydrogens (tertiary/aromatic N) is 2. The molecule has 1 aromatic heterocycles. The maximum Gasteiger partial charge on any atom is 0.435 e. The second-order valence-electron chi connectivity index (χ2n) is 7.81. The molecule has 0 spiro atoms. The van der Waals surface area contributed by atoms with Crippen molar-refractivity contribution < 1.29 is 39.6 Å². The van der Waals surface area contributed by atoms with E-state index in [0.29, 0.717) is 11.8 Å². The van der Waals surface area contributed by atoms with E-state index in [2.05, 4.69) is 5.10 Å². The van der Waals surface area contributed by atoms with Crippen LogP contribution in [0.5, 0.6) is 5.75 Å². The van der Waals surface area contributed by atoms with Crippen LogP contribution in [0.2, 0.25) is 0 Å². The molecule has 35 heavy (non-hydrogen) atoms. The number of methoxy groups -OCH3 is 1. The predicted octanol–water partition coefficient (Wildman–Crippen LogP) is 5.35. The SMILES string of the molecule is COc1ccc(CO[C@H](C)c2cc(F)ccc2-n2nc(C(F)(F)F)cc2C(C)OS(C)(=O)=O)cc1. The highest BCUT2D eigenvalue weighted by Gasteiger charge is 2.36. The van der Waals surface area contributed by atoms with Gasteiger partial charge in [0.25, 0.3) is 10.1 Å². The van der Waals surface area contributed by atoms with Crippen molar-refractivity contribution in [3.63, 3.8) is 0 Å². The van der Waals surface area contributed by atoms with Crippen LogP contribution >= 0.6 is 0 Å². The zero-order valence-electron chi connectivity index (χ0n) is 19.3. The summed E-state index contributed by atoms with van der Waals surface area (Å²) in [6.45, 7) is 3.03. The molecule has 0 fully saturated rings. The van der Waals surface area contributed by atoms with Gasteiger partial charge in [-0.2, -0.15) is 26.7 Å². The molecule has 0 saturated carbocycles. The van der Waals surface area contributed by atoms with Gasteiger partial charge in [0.1, 0.15) is 17.7 Å². The summed E-state index contributed by atoms with van der Waals surface area (Å²) in [5.41, 5.74) is -0.340. The van der Waals surface area contributed by atoms with Gasteiger partial charge in [-0.25, -0.2) is 9.07 Å². The van der Waals surface area contributed by atoms with Gasteiger partial charge < -0.3 is 9.47 Å². The lowest BCUT2D eigenvalue weighted by molar-refractivity contribution is -0.141. The third kappa shape index (κ3) is 6.80. The molecular weight excluding hydrogens is 492 g/mol. The molecule has 190 valence electrons. The minimum atomic E-state index is -4.80. The number of benzene rings is 2. The third-order valence-electron chi connectivity index (χ3n) is 5.08. The molecule has 0 saturated heterocycles. The van der Waals surface area contributed by atoms with Crippen molar-refractivity contribution in [2.75, 3.05) is 13.4 Å². The van der Waals surface area contributed by atoms with Crippen LogP contribution in [-0.4, -0.2) is 31.6 Å². The van der Waals surface area contributed by atoms with Gasteiger partial charge >= 0.3 is 6.18 Å². The van der Waals surface area contributed by atoms with Crippen LogP contribution < -0.4 is 4.74 Å². The van der Waals surface area contributed by atoms with Gasteiger partial charge in [-0.1, -0.05) is 12.1 Å². The van der Waals surface area contributed by atoms with Crippen molar-refractivity contribution in [1.29, 1.82) is 0 Å². The minimum absolute atomic E-state index is 0.0862. The van der Waals surface area contributed by atoms with Gasteiger partial charge in [0.05, 0.1) is 37.5 Å². The number of aromatic nitrogens is 2. The molecule has 0 amide bonds. The first kappa shape index (κ1) is 26.6. The fraction of sp³-hybridized carbons (Fsp3) is 0.348. The summed E-state index contributed by atoms with van der Waals surface area (Å²) in [6.07, 6.45) is -6.09. The van der Waals surface area contributed by atoms with E-state index in [0.717, 1.165) is 28.6 Å². The summed E-state index contributed by atoms with van der Waals surface area (Å²) in [5, 5.41) is 3.64. The number of alkyl halides is 3. The molecule has 0 radical (unpaired) electrons. The van der Waals surface area contributed by atoms with E-state index in [-0.39, 0.29) is 23.6 Å². The highest BCUT2D eigenvalue weighted by Crippen LogP contribution is 2.35. The van der Waals surface area contributed by atoms with Crippen LogP contribution in [0.15, 0.2) is 48.5 Å². The summed E-state index contributed by atoms with van der Waals surface area (Å²) in [7, 11) is -2.45. The maximum absolute atomic E-state index is 14.2. The Bertz CT molecular complexity index is 1270. The fourth-order valence-electron chi connectivity index (χ4n) is 3.40. The van der Waals surface area contributed by atoms with Gasteiger partial charge in [0.15, 0.2) is 5.69 Å². The molecule has 3 rings (SSSR count). The molecule has 12 heteroatoms. The van der Waals surface area contributed by atoms with E-state index >= 15 is 0 Å². The Hall–Kier alpha value is -2.96. The van der Waals surface area contributed by atoms with E-state index in [1.807, 2.05) is 0 Å². The molecule has 0 aliphatic heterocycles. The lowest BCUT2D eigenvalue weighted by Gasteiger charge is -2.20. The topological polar surface area (TPSA) is 79.7 Å². The quantitative estimate of drug-likeness (QED) is 0.282. The number of hydrogen-bond acceptors (Lipinski definition) is 6. The first-order valence-corrected chi connectivity index (χ1v) is 12.2. The van der Waals surface area contributed by atoms with Crippen molar-refractivity contribution in [2.45, 2.75) is 38.8 Å². The molecule has 3 aromatic rings. The van der Waals surface area contributed by atoms with Gasteiger partial charge in [-0.3, -0.25) is 4.18 Å². The van der Waals surface area contributed by atoms with Gasteiger partial charge in [-0.05, 0) is 55.8 Å². The lowest BCUT2D eigenvalue weighted by atomic mass is 10.1. The summed E-state index contributed by atoms with van der Waals surface area (Å²) in [5.74, 6) is 0.0279. The van der Waals surface area contributed by atoms with E-state index in [9.17, 15) is 26.0 Å². The molecule has 0 aliphatic rings. The van der Waals surface area contributed by atoms with Crippen LogP contribution in [0, 0.1) is 5.82 Å². The first-order chi connectivity index (χ1) is 16.3. The van der Waals surface area contributed by atoms with Crippen molar-refractivity contribution in [3.8, 4) is 11.4 Å². The average Bonchev–Trinajstić information content (AvgIpc) is 3.23. The van der Waals surface area contributed by atoms with Crippen molar-refractivity contribution in [1.82, 2.24) is 9.78 Å².